The summed E-state index contributed by atoms with van der Waals surface area (Å²) in [4.78, 5) is 12.0. The van der Waals surface area contributed by atoms with Crippen molar-refractivity contribution in [1.82, 2.24) is 5.32 Å². The lowest BCUT2D eigenvalue weighted by Gasteiger charge is -2.11. The number of fused-ring (bicyclic) bond motifs is 1. The quantitative estimate of drug-likeness (QED) is 0.878. The zero-order valence-corrected chi connectivity index (χ0v) is 13.0. The molecule has 0 aliphatic carbocycles. The van der Waals surface area contributed by atoms with E-state index < -0.39 is 6.10 Å². The maximum atomic E-state index is 12.0. The number of hydrogen-bond acceptors (Lipinski definition) is 2. The third kappa shape index (κ3) is 3.81. The lowest BCUT2D eigenvalue weighted by Crippen LogP contribution is -2.31. The number of benzene rings is 2. The molecule has 0 bridgehead atoms. The summed E-state index contributed by atoms with van der Waals surface area (Å²) in [6.45, 7) is 2.30. The Kier molecular flexibility index (Phi) is 5.15. The number of halogens is 1. The van der Waals surface area contributed by atoms with Gasteiger partial charge in [0.25, 0.3) is 5.91 Å². The number of nitrogens with one attached hydrogen (secondary N) is 1. The Bertz CT molecular complexity index is 612. The van der Waals surface area contributed by atoms with E-state index in [9.17, 15) is 9.90 Å². The van der Waals surface area contributed by atoms with Gasteiger partial charge in [-0.1, -0.05) is 41.4 Å². The van der Waals surface area contributed by atoms with Crippen molar-refractivity contribution < 1.29 is 9.90 Å². The number of hydrogen-bond donors (Lipinski definition) is 2. The zero-order valence-electron chi connectivity index (χ0n) is 11.4. The van der Waals surface area contributed by atoms with Crippen molar-refractivity contribution in [2.45, 2.75) is 25.9 Å². The van der Waals surface area contributed by atoms with Crippen LogP contribution in [0.4, 0.5) is 0 Å². The Labute approximate surface area is 127 Å². The highest BCUT2D eigenvalue weighted by Gasteiger charge is 2.09. The van der Waals surface area contributed by atoms with Crippen molar-refractivity contribution in [3.63, 3.8) is 0 Å². The first-order chi connectivity index (χ1) is 9.60. The summed E-state index contributed by atoms with van der Waals surface area (Å²) in [5.41, 5.74) is 0.614. The lowest BCUT2D eigenvalue weighted by molar-refractivity contribution is 0.0910. The molecular formula is C16H18BrNO2. The van der Waals surface area contributed by atoms with Gasteiger partial charge in [0.2, 0.25) is 0 Å². The van der Waals surface area contributed by atoms with Gasteiger partial charge in [-0.3, -0.25) is 4.79 Å². The maximum absolute atomic E-state index is 12.0. The Hall–Kier alpha value is -1.39. The Morgan fingerprint density at radius 2 is 1.95 bits per heavy atom. The van der Waals surface area contributed by atoms with E-state index in [0.29, 0.717) is 18.5 Å². The molecule has 2 aromatic carbocycles. The van der Waals surface area contributed by atoms with Gasteiger partial charge in [-0.15, -0.1) is 0 Å². The third-order valence-corrected chi connectivity index (χ3v) is 3.68. The van der Waals surface area contributed by atoms with Crippen LogP contribution in [0.15, 0.2) is 40.9 Å². The fourth-order valence-electron chi connectivity index (χ4n) is 2.11. The molecule has 0 aliphatic rings. The SMILES string of the molecule is CCCC(O)CNC(=O)c1ccc2cc(Br)ccc2c1. The Morgan fingerprint density at radius 1 is 1.25 bits per heavy atom. The van der Waals surface area contributed by atoms with Crippen LogP contribution >= 0.6 is 15.9 Å². The van der Waals surface area contributed by atoms with Gasteiger partial charge in [0, 0.05) is 16.6 Å². The summed E-state index contributed by atoms with van der Waals surface area (Å²) in [5, 5.41) is 14.5. The molecule has 0 heterocycles. The summed E-state index contributed by atoms with van der Waals surface area (Å²) in [5.74, 6) is -0.148. The highest BCUT2D eigenvalue weighted by atomic mass is 79.9. The molecule has 3 nitrogen and oxygen atoms in total. The van der Waals surface area contributed by atoms with E-state index in [4.69, 9.17) is 0 Å². The third-order valence-electron chi connectivity index (χ3n) is 3.18. The van der Waals surface area contributed by atoms with Crippen molar-refractivity contribution in [3.8, 4) is 0 Å². The van der Waals surface area contributed by atoms with Crippen LogP contribution < -0.4 is 5.32 Å². The average molecular weight is 336 g/mol. The molecular weight excluding hydrogens is 318 g/mol. The number of amides is 1. The molecule has 1 amide bonds. The number of carbonyl (C=O) groups is 1. The molecule has 0 saturated heterocycles. The van der Waals surface area contributed by atoms with E-state index in [1.807, 2.05) is 37.3 Å². The molecule has 2 N–H and O–H groups in total. The summed E-state index contributed by atoms with van der Waals surface area (Å²) in [6, 6.07) is 11.5. The van der Waals surface area contributed by atoms with Gasteiger partial charge in [-0.25, -0.2) is 0 Å². The molecule has 0 aliphatic heterocycles. The molecule has 2 aromatic rings. The highest BCUT2D eigenvalue weighted by Crippen LogP contribution is 2.20. The van der Waals surface area contributed by atoms with Crippen LogP contribution in [0.3, 0.4) is 0 Å². The fourth-order valence-corrected chi connectivity index (χ4v) is 2.48. The lowest BCUT2D eigenvalue weighted by atomic mass is 10.1. The van der Waals surface area contributed by atoms with Crippen molar-refractivity contribution >= 4 is 32.6 Å². The average Bonchev–Trinajstić information content (AvgIpc) is 2.44. The van der Waals surface area contributed by atoms with E-state index in [2.05, 4.69) is 21.2 Å². The Morgan fingerprint density at radius 3 is 2.70 bits per heavy atom. The monoisotopic (exact) mass is 335 g/mol. The van der Waals surface area contributed by atoms with Crippen LogP contribution in [-0.4, -0.2) is 23.7 Å². The van der Waals surface area contributed by atoms with Crippen LogP contribution in [0, 0.1) is 0 Å². The number of aliphatic hydroxyl groups excluding tert-OH is 1. The summed E-state index contributed by atoms with van der Waals surface area (Å²) in [7, 11) is 0. The van der Waals surface area contributed by atoms with Gasteiger partial charge >= 0.3 is 0 Å². The zero-order chi connectivity index (χ0) is 14.5. The standard InChI is InChI=1S/C16H18BrNO2/c1-2-3-15(19)10-18-16(20)13-5-4-12-9-14(17)7-6-11(12)8-13/h4-9,15,19H,2-3,10H2,1H3,(H,18,20). The minimum absolute atomic E-state index is 0.148. The van der Waals surface area contributed by atoms with Gasteiger partial charge in [0.15, 0.2) is 0 Å². The predicted molar refractivity (Wildman–Crippen MR) is 84.9 cm³/mol. The molecule has 0 aromatic heterocycles. The normalized spacial score (nSPS) is 12.3. The van der Waals surface area contributed by atoms with Gasteiger partial charge < -0.3 is 10.4 Å². The second kappa shape index (κ2) is 6.86. The van der Waals surface area contributed by atoms with Gasteiger partial charge in [0.1, 0.15) is 0 Å². The minimum atomic E-state index is -0.472. The summed E-state index contributed by atoms with van der Waals surface area (Å²) >= 11 is 3.43. The topological polar surface area (TPSA) is 49.3 Å². The first kappa shape index (κ1) is 15.0. The van der Waals surface area contributed by atoms with E-state index in [-0.39, 0.29) is 5.91 Å². The van der Waals surface area contributed by atoms with Crippen LogP contribution in [0.1, 0.15) is 30.1 Å². The molecule has 0 radical (unpaired) electrons. The van der Waals surface area contributed by atoms with Crippen molar-refractivity contribution in [2.75, 3.05) is 6.54 Å². The van der Waals surface area contributed by atoms with Crippen LogP contribution in [0.25, 0.3) is 10.8 Å². The molecule has 4 heteroatoms. The molecule has 2 rings (SSSR count). The molecule has 0 spiro atoms. The second-order valence-corrected chi connectivity index (χ2v) is 5.77. The van der Waals surface area contributed by atoms with Crippen LogP contribution in [0.5, 0.6) is 0 Å². The summed E-state index contributed by atoms with van der Waals surface area (Å²) in [6.07, 6.45) is 1.13. The van der Waals surface area contributed by atoms with Gasteiger partial charge in [-0.05, 0) is 41.5 Å². The minimum Gasteiger partial charge on any atom is -0.391 e. The number of carbonyl (C=O) groups excluding carboxylic acids is 1. The number of aliphatic hydroxyl groups is 1. The van der Waals surface area contributed by atoms with E-state index in [1.165, 1.54) is 0 Å². The maximum Gasteiger partial charge on any atom is 0.251 e. The van der Waals surface area contributed by atoms with Crippen molar-refractivity contribution in [1.29, 1.82) is 0 Å². The molecule has 1 atom stereocenters. The molecule has 0 saturated carbocycles. The summed E-state index contributed by atoms with van der Waals surface area (Å²) < 4.78 is 1.02. The molecule has 106 valence electrons. The molecule has 0 fully saturated rings. The van der Waals surface area contributed by atoms with Crippen molar-refractivity contribution in [2.24, 2.45) is 0 Å². The predicted octanol–water partition coefficient (Wildman–Crippen LogP) is 3.49. The smallest absolute Gasteiger partial charge is 0.251 e. The number of rotatable bonds is 5. The highest BCUT2D eigenvalue weighted by molar-refractivity contribution is 9.10. The Balaban J connectivity index is 2.08. The van der Waals surface area contributed by atoms with Gasteiger partial charge in [-0.2, -0.15) is 0 Å². The molecule has 1 unspecified atom stereocenters. The van der Waals surface area contributed by atoms with Crippen LogP contribution in [0.2, 0.25) is 0 Å². The first-order valence-electron chi connectivity index (χ1n) is 6.75. The van der Waals surface area contributed by atoms with E-state index in [1.54, 1.807) is 6.07 Å². The first-order valence-corrected chi connectivity index (χ1v) is 7.55. The fraction of sp³-hybridized carbons (Fsp3) is 0.312. The van der Waals surface area contributed by atoms with E-state index in [0.717, 1.165) is 21.7 Å². The molecule has 20 heavy (non-hydrogen) atoms. The van der Waals surface area contributed by atoms with Gasteiger partial charge in [0.05, 0.1) is 6.10 Å². The largest absolute Gasteiger partial charge is 0.391 e. The van der Waals surface area contributed by atoms with E-state index >= 15 is 0 Å². The van der Waals surface area contributed by atoms with Crippen LogP contribution in [-0.2, 0) is 0 Å². The van der Waals surface area contributed by atoms with Crippen molar-refractivity contribution in [3.05, 3.63) is 46.4 Å². The second-order valence-electron chi connectivity index (χ2n) is 4.86.